The van der Waals surface area contributed by atoms with Gasteiger partial charge >= 0.3 is 6.36 Å². The van der Waals surface area contributed by atoms with Crippen molar-refractivity contribution < 1.29 is 31.5 Å². The Morgan fingerprint density at radius 3 is 2.17 bits per heavy atom. The number of hydrogen-bond donors (Lipinski definition) is 0. The van der Waals surface area contributed by atoms with Gasteiger partial charge in [0.05, 0.1) is 6.54 Å². The predicted molar refractivity (Wildman–Crippen MR) is 73.6 cm³/mol. The summed E-state index contributed by atoms with van der Waals surface area (Å²) >= 11 is 0. The summed E-state index contributed by atoms with van der Waals surface area (Å²) in [6.07, 6.45) is -7.25. The maximum absolute atomic E-state index is 12.2. The van der Waals surface area contributed by atoms with Gasteiger partial charge in [-0.25, -0.2) is 8.78 Å². The van der Waals surface area contributed by atoms with Crippen LogP contribution in [0.4, 0.5) is 22.0 Å². The highest BCUT2D eigenvalue weighted by Crippen LogP contribution is 2.22. The van der Waals surface area contributed by atoms with Gasteiger partial charge in [-0.3, -0.25) is 9.69 Å². The lowest BCUT2D eigenvalue weighted by Gasteiger charge is -2.22. The van der Waals surface area contributed by atoms with E-state index in [2.05, 4.69) is 4.74 Å². The molecule has 9 heteroatoms. The van der Waals surface area contributed by atoms with E-state index >= 15 is 0 Å². The molecule has 1 rings (SSSR count). The first-order valence-electron chi connectivity index (χ1n) is 6.66. The highest BCUT2D eigenvalue weighted by Gasteiger charge is 2.31. The Hall–Kier alpha value is -1.90. The molecule has 0 spiro atoms. The molecule has 0 saturated carbocycles. The molecule has 0 atom stereocenters. The van der Waals surface area contributed by atoms with E-state index in [-0.39, 0.29) is 18.7 Å². The molecule has 0 aliphatic heterocycles. The number of hydrogen-bond acceptors (Lipinski definition) is 3. The Bertz CT molecular complexity index is 505. The molecule has 1 aromatic carbocycles. The number of alkyl halides is 5. The molecule has 1 amide bonds. The smallest absolute Gasteiger partial charge is 0.406 e. The third-order valence-corrected chi connectivity index (χ3v) is 2.95. The second-order valence-electron chi connectivity index (χ2n) is 4.95. The zero-order chi connectivity index (χ0) is 17.6. The second-order valence-corrected chi connectivity index (χ2v) is 4.95. The Morgan fingerprint density at radius 2 is 1.70 bits per heavy atom. The lowest BCUT2D eigenvalue weighted by Crippen LogP contribution is -2.36. The van der Waals surface area contributed by atoms with Crippen molar-refractivity contribution in [3.8, 4) is 5.75 Å². The number of halogens is 5. The van der Waals surface area contributed by atoms with E-state index in [1.807, 2.05) is 0 Å². The first-order chi connectivity index (χ1) is 10.6. The summed E-state index contributed by atoms with van der Waals surface area (Å²) in [5, 5.41) is 0. The standard InChI is InChI=1S/C14H17F5N2O2/c1-20(9-12(15)16)7-8-21(2)13(22)10-3-5-11(6-4-10)23-14(17,18)19/h3-6,12H,7-9H2,1-2H3. The molecule has 130 valence electrons. The van der Waals surface area contributed by atoms with Gasteiger partial charge in [0.1, 0.15) is 5.75 Å². The molecule has 0 aromatic heterocycles. The number of amides is 1. The Morgan fingerprint density at radius 1 is 1.13 bits per heavy atom. The number of carbonyl (C=O) groups excluding carboxylic acids is 1. The molecule has 0 unspecified atom stereocenters. The minimum Gasteiger partial charge on any atom is -0.406 e. The molecule has 0 N–H and O–H groups in total. The van der Waals surface area contributed by atoms with Gasteiger partial charge in [-0.1, -0.05) is 0 Å². The fraction of sp³-hybridized carbons (Fsp3) is 0.500. The average Bonchev–Trinajstić information content (AvgIpc) is 2.42. The minimum absolute atomic E-state index is 0.179. The fourth-order valence-corrected chi connectivity index (χ4v) is 1.77. The van der Waals surface area contributed by atoms with Crippen LogP contribution >= 0.6 is 0 Å². The van der Waals surface area contributed by atoms with Gasteiger partial charge < -0.3 is 9.64 Å². The van der Waals surface area contributed by atoms with Crippen molar-refractivity contribution in [1.82, 2.24) is 9.80 Å². The van der Waals surface area contributed by atoms with E-state index in [9.17, 15) is 26.7 Å². The molecule has 0 bridgehead atoms. The normalized spacial score (nSPS) is 11.9. The number of ether oxygens (including phenoxy) is 1. The molecule has 4 nitrogen and oxygen atoms in total. The van der Waals surface area contributed by atoms with Gasteiger partial charge in [0.25, 0.3) is 12.3 Å². The van der Waals surface area contributed by atoms with Crippen molar-refractivity contribution in [2.24, 2.45) is 0 Å². The number of carbonyl (C=O) groups is 1. The monoisotopic (exact) mass is 340 g/mol. The molecule has 0 fully saturated rings. The highest BCUT2D eigenvalue weighted by atomic mass is 19.4. The maximum Gasteiger partial charge on any atom is 0.573 e. The highest BCUT2D eigenvalue weighted by molar-refractivity contribution is 5.94. The summed E-state index contributed by atoms with van der Waals surface area (Å²) in [4.78, 5) is 14.8. The molecule has 1 aromatic rings. The molecule has 23 heavy (non-hydrogen) atoms. The van der Waals surface area contributed by atoms with E-state index in [0.717, 1.165) is 12.1 Å². The summed E-state index contributed by atoms with van der Waals surface area (Å²) in [6, 6.07) is 4.50. The number of benzene rings is 1. The van der Waals surface area contributed by atoms with Crippen LogP contribution in [0.3, 0.4) is 0 Å². The number of likely N-dealkylation sites (N-methyl/N-ethyl adjacent to an activating group) is 2. The molecular formula is C14H17F5N2O2. The summed E-state index contributed by atoms with van der Waals surface area (Å²) in [7, 11) is 2.99. The van der Waals surface area contributed by atoms with Crippen LogP contribution in [-0.2, 0) is 0 Å². The van der Waals surface area contributed by atoms with E-state index in [4.69, 9.17) is 0 Å². The lowest BCUT2D eigenvalue weighted by molar-refractivity contribution is -0.274. The summed E-state index contributed by atoms with van der Waals surface area (Å²) in [6.45, 7) is 0.0657. The van der Waals surface area contributed by atoms with Crippen LogP contribution in [-0.4, -0.2) is 62.2 Å². The zero-order valence-electron chi connectivity index (χ0n) is 12.6. The van der Waals surface area contributed by atoms with Crippen molar-refractivity contribution in [1.29, 1.82) is 0 Å². The van der Waals surface area contributed by atoms with Gasteiger partial charge in [-0.15, -0.1) is 13.2 Å². The average molecular weight is 340 g/mol. The van der Waals surface area contributed by atoms with Crippen molar-refractivity contribution in [3.05, 3.63) is 29.8 Å². The van der Waals surface area contributed by atoms with Crippen molar-refractivity contribution >= 4 is 5.91 Å². The predicted octanol–water partition coefficient (Wildman–Crippen LogP) is 2.85. The van der Waals surface area contributed by atoms with E-state index < -0.39 is 31.0 Å². The van der Waals surface area contributed by atoms with Gasteiger partial charge in [0.15, 0.2) is 0 Å². The summed E-state index contributed by atoms with van der Waals surface area (Å²) < 4.78 is 64.2. The third-order valence-electron chi connectivity index (χ3n) is 2.95. The fourth-order valence-electron chi connectivity index (χ4n) is 1.77. The van der Waals surface area contributed by atoms with Crippen LogP contribution in [0.1, 0.15) is 10.4 Å². The lowest BCUT2D eigenvalue weighted by atomic mass is 10.2. The summed E-state index contributed by atoms with van der Waals surface area (Å²) in [5.74, 6) is -0.845. The van der Waals surface area contributed by atoms with Gasteiger partial charge in [0.2, 0.25) is 0 Å². The summed E-state index contributed by atoms with van der Waals surface area (Å²) in [5.41, 5.74) is 0.179. The van der Waals surface area contributed by atoms with Crippen molar-refractivity contribution in [2.75, 3.05) is 33.7 Å². The van der Waals surface area contributed by atoms with Crippen LogP contribution in [0.2, 0.25) is 0 Å². The largest absolute Gasteiger partial charge is 0.573 e. The Balaban J connectivity index is 2.56. The minimum atomic E-state index is -4.79. The first-order valence-corrected chi connectivity index (χ1v) is 6.66. The van der Waals surface area contributed by atoms with Crippen LogP contribution < -0.4 is 4.74 Å². The molecular weight excluding hydrogens is 323 g/mol. The first kappa shape index (κ1) is 19.1. The van der Waals surface area contributed by atoms with E-state index in [0.29, 0.717) is 0 Å². The van der Waals surface area contributed by atoms with Crippen molar-refractivity contribution in [3.63, 3.8) is 0 Å². The molecule has 0 radical (unpaired) electrons. The molecule has 0 heterocycles. The van der Waals surface area contributed by atoms with Crippen LogP contribution in [0, 0.1) is 0 Å². The Labute approximate surface area is 130 Å². The second kappa shape index (κ2) is 8.09. The number of rotatable bonds is 7. The molecule has 0 saturated heterocycles. The topological polar surface area (TPSA) is 32.8 Å². The number of nitrogens with zero attached hydrogens (tertiary/aromatic N) is 2. The van der Waals surface area contributed by atoms with Gasteiger partial charge in [-0.2, -0.15) is 0 Å². The van der Waals surface area contributed by atoms with Crippen LogP contribution in [0.25, 0.3) is 0 Å². The van der Waals surface area contributed by atoms with Gasteiger partial charge in [-0.05, 0) is 31.3 Å². The van der Waals surface area contributed by atoms with Crippen molar-refractivity contribution in [2.45, 2.75) is 12.8 Å². The Kier molecular flexibility index (Phi) is 6.74. The quantitative estimate of drug-likeness (QED) is 0.716. The van der Waals surface area contributed by atoms with Crippen LogP contribution in [0.5, 0.6) is 5.75 Å². The third kappa shape index (κ3) is 7.27. The van der Waals surface area contributed by atoms with E-state index in [1.165, 1.54) is 36.0 Å². The van der Waals surface area contributed by atoms with Gasteiger partial charge in [0, 0.05) is 25.7 Å². The SMILES string of the molecule is CN(CCN(C)C(=O)c1ccc(OC(F)(F)F)cc1)CC(F)F. The van der Waals surface area contributed by atoms with E-state index in [1.54, 1.807) is 0 Å². The molecule has 0 aliphatic carbocycles. The maximum atomic E-state index is 12.2. The molecule has 0 aliphatic rings. The zero-order valence-corrected chi connectivity index (χ0v) is 12.6. The van der Waals surface area contributed by atoms with Crippen LogP contribution in [0.15, 0.2) is 24.3 Å².